The Morgan fingerprint density at radius 2 is 2.15 bits per heavy atom. The van der Waals surface area contributed by atoms with Gasteiger partial charge in [0.2, 0.25) is 0 Å². The molecule has 4 rings (SSSR count). The Hall–Kier alpha value is -2.32. The van der Waals surface area contributed by atoms with Crippen LogP contribution in [-0.2, 0) is 6.61 Å². The highest BCUT2D eigenvalue weighted by Crippen LogP contribution is 2.49. The summed E-state index contributed by atoms with van der Waals surface area (Å²) >= 11 is 1.42. The molecule has 5 nitrogen and oxygen atoms in total. The van der Waals surface area contributed by atoms with Gasteiger partial charge in [-0.3, -0.25) is 9.20 Å². The van der Waals surface area contributed by atoms with Gasteiger partial charge in [-0.25, -0.2) is 13.8 Å². The lowest BCUT2D eigenvalue weighted by atomic mass is 10.2. The number of rotatable bonds is 5. The highest BCUT2D eigenvalue weighted by molar-refractivity contribution is 7.17. The number of fused-ring (bicyclic) bond motifs is 1. The summed E-state index contributed by atoms with van der Waals surface area (Å²) in [6.07, 6.45) is 0.872. The molecule has 1 aliphatic carbocycles. The Balaban J connectivity index is 1.61. The smallest absolute Gasteiger partial charge is 0.259 e. The lowest BCUT2D eigenvalue weighted by Gasteiger charge is -2.07. The van der Waals surface area contributed by atoms with Crippen LogP contribution in [0.4, 0.5) is 8.78 Å². The number of thiazole rings is 1. The number of ether oxygens (including phenoxy) is 1. The first-order chi connectivity index (χ1) is 12.5. The van der Waals surface area contributed by atoms with Crippen LogP contribution in [0.2, 0.25) is 0 Å². The third-order valence-corrected chi connectivity index (χ3v) is 5.54. The maximum atomic E-state index is 13.2. The number of hydrogen-bond acceptors (Lipinski definition) is 5. The molecule has 0 radical (unpaired) electrons. The Bertz CT molecular complexity index is 1050. The average Bonchev–Trinajstić information content (AvgIpc) is 3.30. The van der Waals surface area contributed by atoms with Crippen LogP contribution in [0.1, 0.15) is 28.6 Å². The molecule has 8 heteroatoms. The average molecular weight is 378 g/mol. The van der Waals surface area contributed by atoms with Crippen molar-refractivity contribution < 1.29 is 18.6 Å². The van der Waals surface area contributed by atoms with Gasteiger partial charge in [0.05, 0.1) is 5.69 Å². The predicted molar refractivity (Wildman–Crippen MR) is 92.7 cm³/mol. The largest absolute Gasteiger partial charge is 0.487 e. The lowest BCUT2D eigenvalue weighted by Crippen LogP contribution is -2.17. The van der Waals surface area contributed by atoms with Gasteiger partial charge in [0.1, 0.15) is 12.4 Å². The summed E-state index contributed by atoms with van der Waals surface area (Å²) < 4.78 is 33.2. The third-order valence-electron chi connectivity index (χ3n) is 4.57. The molecule has 0 saturated heterocycles. The predicted octanol–water partition coefficient (Wildman–Crippen LogP) is 3.02. The fourth-order valence-electron chi connectivity index (χ4n) is 3.15. The van der Waals surface area contributed by atoms with Crippen LogP contribution in [0.15, 0.2) is 29.1 Å². The van der Waals surface area contributed by atoms with E-state index in [2.05, 4.69) is 4.98 Å². The summed E-state index contributed by atoms with van der Waals surface area (Å²) in [4.78, 5) is 18.6. The number of aromatic nitrogens is 2. The fraction of sp³-hybridized carbons (Fsp3) is 0.333. The van der Waals surface area contributed by atoms with E-state index in [1.54, 1.807) is 4.40 Å². The molecule has 0 bridgehead atoms. The zero-order valence-corrected chi connectivity index (χ0v) is 14.7. The fourth-order valence-corrected chi connectivity index (χ4v) is 4.22. The first-order valence-electron chi connectivity index (χ1n) is 8.18. The minimum atomic E-state index is -0.993. The number of benzene rings is 1. The molecule has 1 fully saturated rings. The summed E-state index contributed by atoms with van der Waals surface area (Å²) in [6, 6.07) is 4.65. The van der Waals surface area contributed by atoms with Gasteiger partial charge in [0.15, 0.2) is 16.6 Å². The number of aryl methyl sites for hydroxylation is 1. The van der Waals surface area contributed by atoms with Crippen molar-refractivity contribution in [2.75, 3.05) is 6.61 Å². The quantitative estimate of drug-likeness (QED) is 0.741. The Labute approximate surface area is 151 Å². The highest BCUT2D eigenvalue weighted by atomic mass is 32.1. The summed E-state index contributed by atoms with van der Waals surface area (Å²) in [6.45, 7) is 2.04. The molecule has 26 heavy (non-hydrogen) atoms. The van der Waals surface area contributed by atoms with E-state index in [1.807, 2.05) is 6.92 Å². The van der Waals surface area contributed by atoms with Crippen molar-refractivity contribution >= 4 is 16.3 Å². The van der Waals surface area contributed by atoms with Gasteiger partial charge in [0.25, 0.3) is 5.56 Å². The van der Waals surface area contributed by atoms with E-state index in [9.17, 15) is 18.7 Å². The number of aliphatic hydroxyl groups excluding tert-OH is 1. The lowest BCUT2D eigenvalue weighted by molar-refractivity contribution is 0.273. The van der Waals surface area contributed by atoms with Crippen molar-refractivity contribution in [3.05, 3.63) is 62.5 Å². The molecule has 1 saturated carbocycles. The zero-order valence-electron chi connectivity index (χ0n) is 13.9. The number of aliphatic hydroxyl groups is 1. The van der Waals surface area contributed by atoms with Crippen LogP contribution in [-0.4, -0.2) is 21.1 Å². The molecule has 0 spiro atoms. The van der Waals surface area contributed by atoms with Gasteiger partial charge < -0.3 is 9.84 Å². The van der Waals surface area contributed by atoms with Crippen LogP contribution in [0.5, 0.6) is 5.75 Å². The van der Waals surface area contributed by atoms with E-state index in [-0.39, 0.29) is 36.4 Å². The summed E-state index contributed by atoms with van der Waals surface area (Å²) in [5.74, 6) is -1.38. The molecule has 136 valence electrons. The van der Waals surface area contributed by atoms with Crippen molar-refractivity contribution in [1.82, 2.24) is 9.38 Å². The van der Waals surface area contributed by atoms with E-state index in [1.165, 1.54) is 23.5 Å². The Kier molecular flexibility index (Phi) is 4.24. The second-order valence-electron chi connectivity index (χ2n) is 6.40. The third kappa shape index (κ3) is 2.99. The van der Waals surface area contributed by atoms with Gasteiger partial charge >= 0.3 is 0 Å². The van der Waals surface area contributed by atoms with Crippen molar-refractivity contribution in [1.29, 1.82) is 0 Å². The second kappa shape index (κ2) is 6.44. The summed E-state index contributed by atoms with van der Waals surface area (Å²) in [7, 11) is 0. The number of hydrogen-bond donors (Lipinski definition) is 1. The molecular weight excluding hydrogens is 362 g/mol. The molecule has 1 N–H and O–H groups in total. The molecule has 2 heterocycles. The summed E-state index contributed by atoms with van der Waals surface area (Å²) in [5, 5.41) is 9.30. The van der Waals surface area contributed by atoms with E-state index >= 15 is 0 Å². The first kappa shape index (κ1) is 17.1. The minimum Gasteiger partial charge on any atom is -0.487 e. The topological polar surface area (TPSA) is 63.8 Å². The molecule has 1 aromatic carbocycles. The Morgan fingerprint density at radius 1 is 1.35 bits per heavy atom. The van der Waals surface area contributed by atoms with Crippen LogP contribution in [0, 0.1) is 24.5 Å². The van der Waals surface area contributed by atoms with Gasteiger partial charge in [0, 0.05) is 35.2 Å². The second-order valence-corrected chi connectivity index (χ2v) is 7.58. The maximum absolute atomic E-state index is 13.2. The molecule has 0 aliphatic heterocycles. The van der Waals surface area contributed by atoms with Crippen molar-refractivity contribution in [3.63, 3.8) is 0 Å². The SMILES string of the molecule is Cc1sc2nc(COc3ccc(F)c(F)c3)cc(=O)n2c1[C@@H]1C[C@H]1CO. The molecular formula is C18H16F2N2O3S. The first-order valence-corrected chi connectivity index (χ1v) is 9.00. The van der Waals surface area contributed by atoms with Gasteiger partial charge in [-0.15, -0.1) is 11.3 Å². The molecule has 0 amide bonds. The van der Waals surface area contributed by atoms with Gasteiger partial charge in [-0.1, -0.05) is 0 Å². The van der Waals surface area contributed by atoms with E-state index in [0.29, 0.717) is 10.7 Å². The zero-order chi connectivity index (χ0) is 18.4. The number of nitrogens with zero attached hydrogens (tertiary/aromatic N) is 2. The minimum absolute atomic E-state index is 0.0220. The highest BCUT2D eigenvalue weighted by Gasteiger charge is 2.41. The van der Waals surface area contributed by atoms with Gasteiger partial charge in [-0.05, 0) is 31.4 Å². The van der Waals surface area contributed by atoms with Crippen molar-refractivity contribution in [2.45, 2.75) is 25.9 Å². The maximum Gasteiger partial charge on any atom is 0.259 e. The van der Waals surface area contributed by atoms with Gasteiger partial charge in [-0.2, -0.15) is 0 Å². The van der Waals surface area contributed by atoms with Crippen LogP contribution < -0.4 is 10.3 Å². The van der Waals surface area contributed by atoms with E-state index < -0.39 is 11.6 Å². The Morgan fingerprint density at radius 3 is 2.85 bits per heavy atom. The normalized spacial score (nSPS) is 19.1. The van der Waals surface area contributed by atoms with Crippen molar-refractivity contribution in [2.24, 2.45) is 5.92 Å². The molecule has 2 atom stereocenters. The molecule has 3 aromatic rings. The van der Waals surface area contributed by atoms with Crippen LogP contribution in [0.25, 0.3) is 4.96 Å². The van der Waals surface area contributed by atoms with E-state index in [0.717, 1.165) is 29.1 Å². The van der Waals surface area contributed by atoms with E-state index in [4.69, 9.17) is 4.74 Å². The molecule has 2 aromatic heterocycles. The number of halogens is 2. The monoisotopic (exact) mass is 378 g/mol. The standard InChI is InChI=1S/C18H16F2N2O3S/c1-9-17(13-4-10(13)7-23)22-16(24)5-11(21-18(22)26-9)8-25-12-2-3-14(19)15(20)6-12/h2-3,5-6,10,13,23H,4,7-8H2,1H3/t10-,13+/m0/s1. The molecule has 0 unspecified atom stereocenters. The van der Waals surface area contributed by atoms with Crippen molar-refractivity contribution in [3.8, 4) is 5.75 Å². The van der Waals surface area contributed by atoms with Crippen LogP contribution in [0.3, 0.4) is 0 Å². The van der Waals surface area contributed by atoms with Crippen LogP contribution >= 0.6 is 11.3 Å². The molecule has 1 aliphatic rings. The summed E-state index contributed by atoms with van der Waals surface area (Å²) in [5.41, 5.74) is 1.14.